The minimum atomic E-state index is -1.40. The van der Waals surface area contributed by atoms with E-state index in [1.54, 1.807) is 0 Å². The zero-order valence-corrected chi connectivity index (χ0v) is 14.6. The van der Waals surface area contributed by atoms with Gasteiger partial charge in [0.2, 0.25) is 0 Å². The fraction of sp³-hybridized carbons (Fsp3) is 0.133. The number of aryl methyl sites for hydroxylation is 2. The Morgan fingerprint density at radius 3 is 2.23 bits per heavy atom. The summed E-state index contributed by atoms with van der Waals surface area (Å²) in [6, 6.07) is 8.62. The Morgan fingerprint density at radius 1 is 1.14 bits per heavy atom. The first-order valence-corrected chi connectivity index (χ1v) is 6.25. The van der Waals surface area contributed by atoms with Gasteiger partial charge in [0.25, 0.3) is 5.91 Å². The number of anilines is 2. The third-order valence-electron chi connectivity index (χ3n) is 3.01. The first kappa shape index (κ1) is 18.2. The molecule has 108 valence electrons. The van der Waals surface area contributed by atoms with Crippen LogP contribution in [0.5, 0.6) is 0 Å². The van der Waals surface area contributed by atoms with Crippen molar-refractivity contribution in [3.8, 4) is 0 Å². The molecule has 22 heavy (non-hydrogen) atoms. The van der Waals surface area contributed by atoms with E-state index in [1.807, 2.05) is 31.2 Å². The molecule has 0 saturated carbocycles. The predicted molar refractivity (Wildman–Crippen MR) is 76.3 cm³/mol. The SMILES string of the molecule is Cc1ccc(Nc2nc(C)c(C(=O)[O-])cc2C(N)=O)cc1.[Na+]. The van der Waals surface area contributed by atoms with Crippen molar-refractivity contribution >= 4 is 23.4 Å². The second-order valence-electron chi connectivity index (χ2n) is 4.66. The van der Waals surface area contributed by atoms with Gasteiger partial charge in [0.05, 0.1) is 11.5 Å². The Morgan fingerprint density at radius 2 is 1.73 bits per heavy atom. The van der Waals surface area contributed by atoms with Crippen LogP contribution in [0, 0.1) is 13.8 Å². The predicted octanol–water partition coefficient (Wildman–Crippen LogP) is -2.09. The molecule has 0 atom stereocenters. The van der Waals surface area contributed by atoms with E-state index in [2.05, 4.69) is 10.3 Å². The van der Waals surface area contributed by atoms with Crippen molar-refractivity contribution in [2.24, 2.45) is 5.73 Å². The first-order chi connectivity index (χ1) is 9.88. The van der Waals surface area contributed by atoms with Crippen molar-refractivity contribution in [1.82, 2.24) is 4.98 Å². The van der Waals surface area contributed by atoms with Gasteiger partial charge in [-0.2, -0.15) is 0 Å². The van der Waals surface area contributed by atoms with E-state index in [0.717, 1.165) is 11.3 Å². The number of amides is 1. The number of nitrogens with one attached hydrogen (secondary N) is 1. The van der Waals surface area contributed by atoms with Crippen molar-refractivity contribution in [2.75, 3.05) is 5.32 Å². The number of carboxylic acid groups (broad SMARTS) is 1. The third-order valence-corrected chi connectivity index (χ3v) is 3.01. The average Bonchev–Trinajstić information content (AvgIpc) is 2.40. The largest absolute Gasteiger partial charge is 1.00 e. The Kier molecular flexibility index (Phi) is 6.11. The standard InChI is InChI=1S/C15H15N3O3.Na/c1-8-3-5-10(6-4-8)18-14-12(13(16)19)7-11(15(20)21)9(2)17-14;/h3-7H,1-2H3,(H2,16,19)(H,17,18)(H,20,21);/q;+1/p-1. The summed E-state index contributed by atoms with van der Waals surface area (Å²) in [4.78, 5) is 26.6. The summed E-state index contributed by atoms with van der Waals surface area (Å²) in [6.45, 7) is 3.48. The van der Waals surface area contributed by atoms with Gasteiger partial charge in [-0.15, -0.1) is 0 Å². The number of benzene rings is 1. The maximum absolute atomic E-state index is 11.5. The van der Waals surface area contributed by atoms with Gasteiger partial charge in [0.15, 0.2) is 0 Å². The van der Waals surface area contributed by atoms with Gasteiger partial charge < -0.3 is 21.0 Å². The Labute approximate surface area is 150 Å². The third kappa shape index (κ3) is 4.07. The van der Waals surface area contributed by atoms with Crippen LogP contribution in [-0.2, 0) is 0 Å². The van der Waals surface area contributed by atoms with Gasteiger partial charge in [-0.05, 0) is 32.0 Å². The Bertz CT molecular complexity index is 715. The maximum Gasteiger partial charge on any atom is 1.00 e. The molecule has 1 aromatic heterocycles. The van der Waals surface area contributed by atoms with Crippen LogP contribution < -0.4 is 45.7 Å². The number of pyridine rings is 1. The molecule has 0 spiro atoms. The summed E-state index contributed by atoms with van der Waals surface area (Å²) in [6.07, 6.45) is 0. The summed E-state index contributed by atoms with van der Waals surface area (Å²) in [7, 11) is 0. The number of aromatic nitrogens is 1. The van der Waals surface area contributed by atoms with Gasteiger partial charge in [-0.1, -0.05) is 17.7 Å². The molecule has 0 fully saturated rings. The fourth-order valence-electron chi connectivity index (χ4n) is 1.87. The summed E-state index contributed by atoms with van der Waals surface area (Å²) >= 11 is 0. The van der Waals surface area contributed by atoms with E-state index in [1.165, 1.54) is 13.0 Å². The normalized spacial score (nSPS) is 9.73. The topological polar surface area (TPSA) is 108 Å². The number of aromatic carboxylic acids is 1. The molecule has 0 unspecified atom stereocenters. The van der Waals surface area contributed by atoms with Crippen molar-refractivity contribution in [3.05, 3.63) is 52.7 Å². The van der Waals surface area contributed by atoms with Crippen LogP contribution in [-0.4, -0.2) is 16.9 Å². The molecule has 0 saturated heterocycles. The molecule has 0 aliphatic carbocycles. The quantitative estimate of drug-likeness (QED) is 0.630. The number of rotatable bonds is 4. The maximum atomic E-state index is 11.5. The summed E-state index contributed by atoms with van der Waals surface area (Å²) < 4.78 is 0. The Hall–Kier alpha value is -1.89. The minimum absolute atomic E-state index is 0. The van der Waals surface area contributed by atoms with Crippen LogP contribution in [0.3, 0.4) is 0 Å². The van der Waals surface area contributed by atoms with Crippen LogP contribution in [0.25, 0.3) is 0 Å². The number of hydrogen-bond donors (Lipinski definition) is 2. The van der Waals surface area contributed by atoms with Gasteiger partial charge in [0, 0.05) is 16.9 Å². The average molecular weight is 307 g/mol. The monoisotopic (exact) mass is 307 g/mol. The molecule has 0 aliphatic heterocycles. The molecule has 3 N–H and O–H groups in total. The van der Waals surface area contributed by atoms with E-state index in [9.17, 15) is 14.7 Å². The van der Waals surface area contributed by atoms with E-state index < -0.39 is 11.9 Å². The number of carboxylic acids is 1. The summed E-state index contributed by atoms with van der Waals surface area (Å²) in [5, 5.41) is 13.9. The molecular formula is C15H14N3NaO3. The van der Waals surface area contributed by atoms with Gasteiger partial charge in [-0.25, -0.2) is 4.98 Å². The molecule has 0 radical (unpaired) electrons. The fourth-order valence-corrected chi connectivity index (χ4v) is 1.87. The molecule has 1 heterocycles. The minimum Gasteiger partial charge on any atom is -0.545 e. The molecule has 1 aromatic carbocycles. The van der Waals surface area contributed by atoms with Crippen LogP contribution in [0.15, 0.2) is 30.3 Å². The Balaban J connectivity index is 0.00000242. The van der Waals surface area contributed by atoms with E-state index in [4.69, 9.17) is 5.73 Å². The number of carbonyl (C=O) groups is 2. The molecule has 1 amide bonds. The van der Waals surface area contributed by atoms with Crippen LogP contribution in [0.4, 0.5) is 11.5 Å². The zero-order chi connectivity index (χ0) is 15.6. The number of hydrogen-bond acceptors (Lipinski definition) is 5. The first-order valence-electron chi connectivity index (χ1n) is 6.25. The second-order valence-corrected chi connectivity index (χ2v) is 4.66. The molecule has 2 rings (SSSR count). The van der Waals surface area contributed by atoms with Gasteiger partial charge in [-0.3, -0.25) is 4.79 Å². The van der Waals surface area contributed by atoms with Crippen molar-refractivity contribution in [1.29, 1.82) is 0 Å². The molecule has 0 bridgehead atoms. The summed E-state index contributed by atoms with van der Waals surface area (Å²) in [5.41, 5.74) is 7.18. The number of nitrogens with zero attached hydrogens (tertiary/aromatic N) is 1. The van der Waals surface area contributed by atoms with E-state index in [-0.39, 0.29) is 52.2 Å². The molecule has 7 heteroatoms. The van der Waals surface area contributed by atoms with E-state index >= 15 is 0 Å². The molecule has 6 nitrogen and oxygen atoms in total. The molecule has 0 aliphatic rings. The van der Waals surface area contributed by atoms with Gasteiger partial charge >= 0.3 is 29.6 Å². The van der Waals surface area contributed by atoms with Crippen LogP contribution in [0.1, 0.15) is 32.0 Å². The van der Waals surface area contributed by atoms with E-state index in [0.29, 0.717) is 0 Å². The molecule has 2 aromatic rings. The number of primary amides is 1. The zero-order valence-electron chi connectivity index (χ0n) is 12.6. The van der Waals surface area contributed by atoms with Crippen molar-refractivity contribution in [2.45, 2.75) is 13.8 Å². The summed E-state index contributed by atoms with van der Waals surface area (Å²) in [5.74, 6) is -1.95. The van der Waals surface area contributed by atoms with Crippen LogP contribution >= 0.6 is 0 Å². The number of nitrogens with two attached hydrogens (primary N) is 1. The number of carbonyl (C=O) groups excluding carboxylic acids is 2. The second kappa shape index (κ2) is 7.40. The smallest absolute Gasteiger partial charge is 0.545 e. The van der Waals surface area contributed by atoms with Gasteiger partial charge in [0.1, 0.15) is 5.82 Å². The van der Waals surface area contributed by atoms with Crippen molar-refractivity contribution < 1.29 is 44.3 Å². The van der Waals surface area contributed by atoms with Crippen molar-refractivity contribution in [3.63, 3.8) is 0 Å². The molecular weight excluding hydrogens is 293 g/mol. The van der Waals surface area contributed by atoms with Crippen LogP contribution in [0.2, 0.25) is 0 Å².